The molecule has 0 spiro atoms. The van der Waals surface area contributed by atoms with E-state index in [9.17, 15) is 19.5 Å². The van der Waals surface area contributed by atoms with Gasteiger partial charge in [-0.2, -0.15) is 0 Å². The van der Waals surface area contributed by atoms with Crippen LogP contribution in [-0.4, -0.2) is 51.0 Å². The van der Waals surface area contributed by atoms with Gasteiger partial charge in [0.25, 0.3) is 0 Å². The number of hydrogen-bond acceptors (Lipinski definition) is 5. The zero-order valence-electron chi connectivity index (χ0n) is 20.2. The fourth-order valence-electron chi connectivity index (χ4n) is 5.57. The van der Waals surface area contributed by atoms with Gasteiger partial charge < -0.3 is 19.1 Å². The smallest absolute Gasteiger partial charge is 0.324 e. The number of methoxy groups -OCH3 is 1. The van der Waals surface area contributed by atoms with Crippen molar-refractivity contribution in [1.29, 1.82) is 0 Å². The van der Waals surface area contributed by atoms with Crippen molar-refractivity contribution < 1.29 is 24.2 Å². The lowest BCUT2D eigenvalue weighted by molar-refractivity contribution is -0.148. The van der Waals surface area contributed by atoms with Gasteiger partial charge >= 0.3 is 12.0 Å². The summed E-state index contributed by atoms with van der Waals surface area (Å²) in [5.74, 6) is -1.45. The van der Waals surface area contributed by atoms with Gasteiger partial charge in [0.05, 0.1) is 36.2 Å². The second kappa shape index (κ2) is 10.0. The van der Waals surface area contributed by atoms with Crippen molar-refractivity contribution in [2.75, 3.05) is 13.7 Å². The molecular formula is C27H30N4O5. The first-order valence-electron chi connectivity index (χ1n) is 12.4. The highest BCUT2D eigenvalue weighted by Crippen LogP contribution is 2.36. The van der Waals surface area contributed by atoms with Crippen LogP contribution in [0.1, 0.15) is 50.4 Å². The summed E-state index contributed by atoms with van der Waals surface area (Å²) in [6, 6.07) is 12.8. The molecule has 1 aromatic carbocycles. The van der Waals surface area contributed by atoms with Crippen molar-refractivity contribution in [3.05, 3.63) is 54.5 Å². The van der Waals surface area contributed by atoms with Crippen LogP contribution in [0.15, 0.2) is 48.7 Å². The van der Waals surface area contributed by atoms with E-state index in [-0.39, 0.29) is 6.04 Å². The summed E-state index contributed by atoms with van der Waals surface area (Å²) < 4.78 is 7.38. The molecule has 36 heavy (non-hydrogen) atoms. The molecule has 2 fully saturated rings. The van der Waals surface area contributed by atoms with E-state index >= 15 is 0 Å². The molecule has 2 aromatic heterocycles. The number of rotatable bonds is 5. The second-order valence-electron chi connectivity index (χ2n) is 9.49. The number of carboxylic acids is 1. The first-order valence-corrected chi connectivity index (χ1v) is 12.4. The molecular weight excluding hydrogens is 460 g/mol. The molecule has 1 unspecified atom stereocenters. The second-order valence-corrected chi connectivity index (χ2v) is 9.49. The highest BCUT2D eigenvalue weighted by molar-refractivity contribution is 5.97. The number of nitrogens with one attached hydrogen (secondary N) is 1. The molecule has 3 amide bonds. The van der Waals surface area contributed by atoms with Crippen LogP contribution in [-0.2, 0) is 9.59 Å². The van der Waals surface area contributed by atoms with Crippen LogP contribution in [0, 0.1) is 11.8 Å². The van der Waals surface area contributed by atoms with Gasteiger partial charge in [0.1, 0.15) is 11.6 Å². The van der Waals surface area contributed by atoms with Gasteiger partial charge in [-0.3, -0.25) is 14.9 Å². The van der Waals surface area contributed by atoms with Gasteiger partial charge in [-0.15, -0.1) is 0 Å². The standard InChI is InChI=1S/C27H30N4O5/c1-36-18-9-6-8-17(16-18)23-21-12-4-5-14-30(21)24(28-23)22-13-7-15-31(22)27(35)29-25(32)19-10-2-3-11-20(19)26(33)34/h4-6,8-9,12,14,16,19-20,22H,2-3,7,10-11,13,15H2,1H3,(H,33,34)(H,29,32,35)/t19-,20+,22?/m1/s1. The number of benzene rings is 1. The number of carbonyl (C=O) groups excluding carboxylic acids is 2. The predicted octanol–water partition coefficient (Wildman–Crippen LogP) is 4.27. The Kier molecular flexibility index (Phi) is 6.63. The van der Waals surface area contributed by atoms with E-state index in [1.807, 2.05) is 53.1 Å². The minimum absolute atomic E-state index is 0.311. The van der Waals surface area contributed by atoms with Crippen LogP contribution in [0.4, 0.5) is 4.79 Å². The van der Waals surface area contributed by atoms with E-state index in [0.717, 1.165) is 47.6 Å². The lowest BCUT2D eigenvalue weighted by Gasteiger charge is -2.29. The molecule has 1 saturated carbocycles. The molecule has 9 heteroatoms. The van der Waals surface area contributed by atoms with Crippen molar-refractivity contribution in [1.82, 2.24) is 19.6 Å². The number of aliphatic carboxylic acids is 1. The number of carbonyl (C=O) groups is 3. The normalized spacial score (nSPS) is 21.9. The maximum atomic E-state index is 13.2. The average Bonchev–Trinajstić information content (AvgIpc) is 3.54. The quantitative estimate of drug-likeness (QED) is 0.552. The molecule has 188 valence electrons. The highest BCUT2D eigenvalue weighted by atomic mass is 16.5. The molecule has 2 N–H and O–H groups in total. The number of ether oxygens (including phenoxy) is 1. The fraction of sp³-hybridized carbons (Fsp3) is 0.407. The molecule has 3 atom stereocenters. The summed E-state index contributed by atoms with van der Waals surface area (Å²) in [6.45, 7) is 0.493. The number of imidazole rings is 1. The van der Waals surface area contributed by atoms with Crippen LogP contribution in [0.25, 0.3) is 16.8 Å². The third-order valence-electron chi connectivity index (χ3n) is 7.38. The molecule has 0 radical (unpaired) electrons. The minimum Gasteiger partial charge on any atom is -0.497 e. The number of pyridine rings is 1. The molecule has 1 aliphatic carbocycles. The summed E-state index contributed by atoms with van der Waals surface area (Å²) >= 11 is 0. The number of aromatic nitrogens is 2. The Morgan fingerprint density at radius 3 is 2.61 bits per heavy atom. The Morgan fingerprint density at radius 2 is 1.83 bits per heavy atom. The number of fused-ring (bicyclic) bond motifs is 1. The van der Waals surface area contributed by atoms with Crippen LogP contribution in [0.3, 0.4) is 0 Å². The van der Waals surface area contributed by atoms with E-state index < -0.39 is 29.7 Å². The molecule has 2 aliphatic rings. The van der Waals surface area contributed by atoms with Crippen molar-refractivity contribution in [3.8, 4) is 17.0 Å². The van der Waals surface area contributed by atoms with Gasteiger partial charge in [0.2, 0.25) is 5.91 Å². The Balaban J connectivity index is 1.42. The van der Waals surface area contributed by atoms with Gasteiger partial charge in [0.15, 0.2) is 0 Å². The summed E-state index contributed by atoms with van der Waals surface area (Å²) in [4.78, 5) is 44.4. The molecule has 3 heterocycles. The van der Waals surface area contributed by atoms with Crippen LogP contribution < -0.4 is 10.1 Å². The first-order chi connectivity index (χ1) is 17.5. The zero-order valence-corrected chi connectivity index (χ0v) is 20.2. The molecule has 1 aliphatic heterocycles. The lowest BCUT2D eigenvalue weighted by Crippen LogP contribution is -2.47. The molecule has 9 nitrogen and oxygen atoms in total. The summed E-state index contributed by atoms with van der Waals surface area (Å²) in [6.07, 6.45) is 5.94. The number of amides is 3. The van der Waals surface area contributed by atoms with Crippen molar-refractivity contribution in [2.45, 2.75) is 44.6 Å². The number of hydrogen-bond donors (Lipinski definition) is 2. The molecule has 1 saturated heterocycles. The van der Waals surface area contributed by atoms with E-state index in [1.165, 1.54) is 0 Å². The maximum absolute atomic E-state index is 13.2. The lowest BCUT2D eigenvalue weighted by atomic mass is 9.79. The highest BCUT2D eigenvalue weighted by Gasteiger charge is 2.39. The van der Waals surface area contributed by atoms with E-state index in [2.05, 4.69) is 5.32 Å². The largest absolute Gasteiger partial charge is 0.497 e. The number of imide groups is 1. The number of carboxylic acid groups (broad SMARTS) is 1. The number of urea groups is 1. The average molecular weight is 491 g/mol. The SMILES string of the molecule is COc1cccc(-c2nc(C3CCCN3C(=O)NC(=O)[C@@H]3CCCC[C@@H]3C(=O)O)n3ccccc23)c1. The summed E-state index contributed by atoms with van der Waals surface area (Å²) in [5, 5.41) is 12.0. The van der Waals surface area contributed by atoms with Crippen molar-refractivity contribution >= 4 is 23.4 Å². The monoisotopic (exact) mass is 490 g/mol. The topological polar surface area (TPSA) is 113 Å². The molecule has 3 aromatic rings. The van der Waals surface area contributed by atoms with Crippen LogP contribution in [0.2, 0.25) is 0 Å². The number of likely N-dealkylation sites (tertiary alicyclic amines) is 1. The van der Waals surface area contributed by atoms with Gasteiger partial charge in [-0.05, 0) is 49.9 Å². The van der Waals surface area contributed by atoms with Crippen LogP contribution >= 0.6 is 0 Å². The Hall–Kier alpha value is -3.88. The minimum atomic E-state index is -0.977. The Labute approximate surface area is 209 Å². The van der Waals surface area contributed by atoms with Gasteiger partial charge in [0, 0.05) is 18.3 Å². The molecule has 5 rings (SSSR count). The fourth-order valence-corrected chi connectivity index (χ4v) is 5.57. The van der Waals surface area contributed by atoms with E-state index in [0.29, 0.717) is 25.8 Å². The van der Waals surface area contributed by atoms with Gasteiger partial charge in [-0.25, -0.2) is 9.78 Å². The van der Waals surface area contributed by atoms with Crippen molar-refractivity contribution in [3.63, 3.8) is 0 Å². The Morgan fingerprint density at radius 1 is 1.03 bits per heavy atom. The summed E-state index contributed by atoms with van der Waals surface area (Å²) in [5.41, 5.74) is 2.61. The third-order valence-corrected chi connectivity index (χ3v) is 7.38. The van der Waals surface area contributed by atoms with Crippen molar-refractivity contribution in [2.24, 2.45) is 11.8 Å². The number of nitrogens with zero attached hydrogens (tertiary/aromatic N) is 3. The molecule has 0 bridgehead atoms. The van der Waals surface area contributed by atoms with E-state index in [4.69, 9.17) is 9.72 Å². The third kappa shape index (κ3) is 4.41. The Bertz CT molecular complexity index is 1300. The maximum Gasteiger partial charge on any atom is 0.324 e. The summed E-state index contributed by atoms with van der Waals surface area (Å²) in [7, 11) is 1.62. The van der Waals surface area contributed by atoms with Gasteiger partial charge in [-0.1, -0.05) is 31.0 Å². The first kappa shape index (κ1) is 23.8. The predicted molar refractivity (Wildman–Crippen MR) is 132 cm³/mol. The zero-order chi connectivity index (χ0) is 25.2. The van der Waals surface area contributed by atoms with E-state index in [1.54, 1.807) is 12.0 Å². The van der Waals surface area contributed by atoms with Crippen LogP contribution in [0.5, 0.6) is 5.75 Å².